The average molecular weight is 345 g/mol. The molecule has 2 rings (SSSR count). The number of carbonyl (C=O) groups is 1. The Morgan fingerprint density at radius 1 is 1.21 bits per heavy atom. The second-order valence-electron chi connectivity index (χ2n) is 5.67. The Kier molecular flexibility index (Phi) is 7.18. The summed E-state index contributed by atoms with van der Waals surface area (Å²) in [4.78, 5) is 15.2. The molecule has 0 bridgehead atoms. The van der Waals surface area contributed by atoms with E-state index in [2.05, 4.69) is 0 Å². The number of hydrogen-bond donors (Lipinski definition) is 2. The monoisotopic (exact) mass is 345 g/mol. The van der Waals surface area contributed by atoms with Crippen LogP contribution in [0.3, 0.4) is 0 Å². The highest BCUT2D eigenvalue weighted by Gasteiger charge is 2.11. The van der Waals surface area contributed by atoms with Crippen LogP contribution in [0.2, 0.25) is 0 Å². The smallest absolute Gasteiger partial charge is 0.246 e. The molecule has 0 aliphatic carbocycles. The van der Waals surface area contributed by atoms with Crippen molar-refractivity contribution in [2.45, 2.75) is 26.5 Å². The van der Waals surface area contributed by atoms with Gasteiger partial charge in [0.15, 0.2) is 0 Å². The van der Waals surface area contributed by atoms with Gasteiger partial charge in [-0.05, 0) is 42.0 Å². The summed E-state index contributed by atoms with van der Waals surface area (Å²) in [6.45, 7) is 3.14. The molecule has 2 N–H and O–H groups in total. The van der Waals surface area contributed by atoms with E-state index in [-0.39, 0.29) is 19.1 Å². The van der Waals surface area contributed by atoms with Crippen LogP contribution in [0.5, 0.6) is 0 Å². The first-order chi connectivity index (χ1) is 11.6. The topological polar surface area (TPSA) is 60.8 Å². The van der Waals surface area contributed by atoms with Gasteiger partial charge in [0, 0.05) is 30.6 Å². The van der Waals surface area contributed by atoms with Crippen LogP contribution in [-0.2, 0) is 17.9 Å². The van der Waals surface area contributed by atoms with Crippen LogP contribution >= 0.6 is 11.3 Å². The molecule has 1 amide bonds. The van der Waals surface area contributed by atoms with Crippen molar-refractivity contribution < 1.29 is 15.0 Å². The number of aliphatic hydroxyl groups is 2. The lowest BCUT2D eigenvalue weighted by molar-refractivity contribution is -0.126. The molecule has 0 spiro atoms. The molecule has 0 saturated carbocycles. The van der Waals surface area contributed by atoms with Crippen molar-refractivity contribution in [1.82, 2.24) is 4.90 Å². The molecule has 0 fully saturated rings. The Balaban J connectivity index is 2.04. The number of amides is 1. The molecule has 0 aliphatic rings. The second-order valence-corrected chi connectivity index (χ2v) is 6.61. The van der Waals surface area contributed by atoms with Crippen molar-refractivity contribution in [3.63, 3.8) is 0 Å². The maximum atomic E-state index is 12.5. The molecule has 0 aliphatic heterocycles. The molecule has 0 radical (unpaired) electrons. The average Bonchev–Trinajstić information content (AvgIpc) is 3.06. The van der Waals surface area contributed by atoms with Gasteiger partial charge in [-0.2, -0.15) is 0 Å². The van der Waals surface area contributed by atoms with Gasteiger partial charge in [0.1, 0.15) is 0 Å². The molecular weight excluding hydrogens is 322 g/mol. The first-order valence-corrected chi connectivity index (χ1v) is 8.82. The Labute approximate surface area is 146 Å². The van der Waals surface area contributed by atoms with Crippen LogP contribution in [-0.4, -0.2) is 34.2 Å². The minimum Gasteiger partial charge on any atom is -0.396 e. The third-order valence-electron chi connectivity index (χ3n) is 3.64. The van der Waals surface area contributed by atoms with Crippen molar-refractivity contribution in [2.24, 2.45) is 0 Å². The zero-order valence-corrected chi connectivity index (χ0v) is 14.6. The fourth-order valence-electron chi connectivity index (χ4n) is 2.27. The molecule has 1 aromatic heterocycles. The largest absolute Gasteiger partial charge is 0.396 e. The fraction of sp³-hybridized carbons (Fsp3) is 0.316. The van der Waals surface area contributed by atoms with Crippen molar-refractivity contribution in [3.8, 4) is 0 Å². The zero-order chi connectivity index (χ0) is 17.4. The van der Waals surface area contributed by atoms with Crippen molar-refractivity contribution in [3.05, 3.63) is 63.4 Å². The van der Waals surface area contributed by atoms with E-state index in [1.54, 1.807) is 17.1 Å². The lowest BCUT2D eigenvalue weighted by Gasteiger charge is -2.21. The Morgan fingerprint density at radius 2 is 1.96 bits per heavy atom. The van der Waals surface area contributed by atoms with Crippen LogP contribution in [0.15, 0.2) is 41.8 Å². The summed E-state index contributed by atoms with van der Waals surface area (Å²) in [5, 5.41) is 20.0. The summed E-state index contributed by atoms with van der Waals surface area (Å²) in [7, 11) is 0. The van der Waals surface area contributed by atoms with E-state index in [9.17, 15) is 4.79 Å². The molecule has 4 nitrogen and oxygen atoms in total. The quantitative estimate of drug-likeness (QED) is 0.723. The van der Waals surface area contributed by atoms with Gasteiger partial charge < -0.3 is 15.1 Å². The van der Waals surface area contributed by atoms with Gasteiger partial charge in [-0.25, -0.2) is 0 Å². The third kappa shape index (κ3) is 5.60. The van der Waals surface area contributed by atoms with Crippen LogP contribution in [0, 0.1) is 6.92 Å². The van der Waals surface area contributed by atoms with E-state index >= 15 is 0 Å². The van der Waals surface area contributed by atoms with Crippen LogP contribution < -0.4 is 0 Å². The SMILES string of the molecule is Cc1ccc(CN(CCCO)C(=O)C=Cc2cc(CO)cs2)cc1. The van der Waals surface area contributed by atoms with Gasteiger partial charge in [-0.1, -0.05) is 29.8 Å². The predicted molar refractivity (Wildman–Crippen MR) is 97.6 cm³/mol. The minimum absolute atomic E-state index is 0.00827. The lowest BCUT2D eigenvalue weighted by atomic mass is 10.1. The van der Waals surface area contributed by atoms with Crippen molar-refractivity contribution in [1.29, 1.82) is 0 Å². The van der Waals surface area contributed by atoms with E-state index in [0.717, 1.165) is 16.0 Å². The first-order valence-electron chi connectivity index (χ1n) is 7.94. The van der Waals surface area contributed by atoms with Gasteiger partial charge in [-0.15, -0.1) is 11.3 Å². The van der Waals surface area contributed by atoms with Gasteiger partial charge in [-0.3, -0.25) is 4.79 Å². The van der Waals surface area contributed by atoms with Gasteiger partial charge in [0.25, 0.3) is 0 Å². The molecule has 1 aromatic carbocycles. The normalized spacial score (nSPS) is 11.1. The highest BCUT2D eigenvalue weighted by molar-refractivity contribution is 7.11. The molecule has 24 heavy (non-hydrogen) atoms. The number of thiophene rings is 1. The summed E-state index contributed by atoms with van der Waals surface area (Å²) in [6, 6.07) is 9.96. The predicted octanol–water partition coefficient (Wildman–Crippen LogP) is 2.97. The standard InChI is InChI=1S/C19H23NO3S/c1-15-3-5-16(6-4-15)12-20(9-2-10-21)19(23)8-7-18-11-17(13-22)14-24-18/h3-8,11,14,21-22H,2,9-10,12-13H2,1H3. The molecular formula is C19H23NO3S. The Hall–Kier alpha value is -1.95. The van der Waals surface area contributed by atoms with Crippen LogP contribution in [0.1, 0.15) is 28.0 Å². The summed E-state index contributed by atoms with van der Waals surface area (Å²) < 4.78 is 0. The Morgan fingerprint density at radius 3 is 2.58 bits per heavy atom. The second kappa shape index (κ2) is 9.37. The minimum atomic E-state index is -0.0806. The first kappa shape index (κ1) is 18.4. The maximum Gasteiger partial charge on any atom is 0.246 e. The van der Waals surface area contributed by atoms with Gasteiger partial charge in [0.2, 0.25) is 5.91 Å². The van der Waals surface area contributed by atoms with Gasteiger partial charge in [0.05, 0.1) is 6.61 Å². The van der Waals surface area contributed by atoms with E-state index in [1.165, 1.54) is 16.9 Å². The maximum absolute atomic E-state index is 12.5. The van der Waals surface area contributed by atoms with E-state index < -0.39 is 0 Å². The zero-order valence-electron chi connectivity index (χ0n) is 13.8. The van der Waals surface area contributed by atoms with E-state index in [4.69, 9.17) is 10.2 Å². The number of nitrogens with zero attached hydrogens (tertiary/aromatic N) is 1. The summed E-state index contributed by atoms with van der Waals surface area (Å²) in [5.74, 6) is -0.0806. The number of hydrogen-bond acceptors (Lipinski definition) is 4. The highest BCUT2D eigenvalue weighted by Crippen LogP contribution is 2.16. The summed E-state index contributed by atoms with van der Waals surface area (Å²) >= 11 is 1.49. The molecule has 5 heteroatoms. The number of aliphatic hydroxyl groups excluding tert-OH is 2. The number of carbonyl (C=O) groups excluding carboxylic acids is 1. The number of benzene rings is 1. The van der Waals surface area contributed by atoms with Crippen molar-refractivity contribution in [2.75, 3.05) is 13.2 Å². The fourth-order valence-corrected chi connectivity index (χ4v) is 3.06. The molecule has 2 aromatic rings. The molecule has 1 heterocycles. The van der Waals surface area contributed by atoms with Gasteiger partial charge >= 0.3 is 0 Å². The van der Waals surface area contributed by atoms with Crippen LogP contribution in [0.4, 0.5) is 0 Å². The molecule has 128 valence electrons. The summed E-state index contributed by atoms with van der Waals surface area (Å²) in [6.07, 6.45) is 3.88. The molecule has 0 atom stereocenters. The van der Waals surface area contributed by atoms with Crippen LogP contribution in [0.25, 0.3) is 6.08 Å². The third-order valence-corrected chi connectivity index (χ3v) is 4.59. The van der Waals surface area contributed by atoms with Crippen molar-refractivity contribution >= 4 is 23.3 Å². The molecule has 0 saturated heterocycles. The van der Waals surface area contributed by atoms with E-state index in [0.29, 0.717) is 19.5 Å². The summed E-state index contributed by atoms with van der Waals surface area (Å²) in [5.41, 5.74) is 3.10. The lowest BCUT2D eigenvalue weighted by Crippen LogP contribution is -2.30. The van der Waals surface area contributed by atoms with E-state index in [1.807, 2.05) is 42.6 Å². The highest BCUT2D eigenvalue weighted by atomic mass is 32.1. The Bertz CT molecular complexity index is 676. The molecule has 0 unspecified atom stereocenters. The number of rotatable bonds is 8. The number of aryl methyl sites for hydroxylation is 1.